The average Bonchev–Trinajstić information content (AvgIpc) is 3.03. The molecule has 1 N–H and O–H groups in total. The number of carbonyl (C=O) groups is 1. The number of nitriles is 1. The monoisotopic (exact) mass is 623 g/mol. The lowest BCUT2D eigenvalue weighted by Crippen LogP contribution is -2.13. The largest absolute Gasteiger partial charge is 0.489 e. The Kier molecular flexibility index (Phi) is 9.40. The number of carbonyl (C=O) groups excluding carboxylic acids is 1. The summed E-state index contributed by atoms with van der Waals surface area (Å²) < 4.78 is 11.9. The first kappa shape index (κ1) is 30.1. The van der Waals surface area contributed by atoms with E-state index >= 15 is 0 Å². The summed E-state index contributed by atoms with van der Waals surface area (Å²) in [6.45, 7) is 0.368. The number of non-ortho nitro benzene ring substituents is 1. The fourth-order valence-corrected chi connectivity index (χ4v) is 4.81. The van der Waals surface area contributed by atoms with Crippen molar-refractivity contribution < 1.29 is 19.2 Å². The molecule has 0 unspecified atom stereocenters. The number of hydrogen-bond donors (Lipinski definition) is 1. The van der Waals surface area contributed by atoms with Gasteiger partial charge in [0, 0.05) is 39.0 Å². The van der Waals surface area contributed by atoms with Gasteiger partial charge in [-0.05, 0) is 77.0 Å². The van der Waals surface area contributed by atoms with Crippen molar-refractivity contribution in [1.82, 2.24) is 0 Å². The molecule has 1 amide bonds. The molecule has 0 heterocycles. The van der Waals surface area contributed by atoms with Crippen LogP contribution in [-0.2, 0) is 18.0 Å². The maximum Gasteiger partial charge on any atom is 0.269 e. The number of nitrogens with zero attached hydrogens (tertiary/aromatic N) is 2. The van der Waals surface area contributed by atoms with Gasteiger partial charge in [-0.1, -0.05) is 59.6 Å². The summed E-state index contributed by atoms with van der Waals surface area (Å²) in [5.41, 5.74) is 2.39. The van der Waals surface area contributed by atoms with Crippen molar-refractivity contribution >= 4 is 57.3 Å². The molecule has 0 aliphatic carbocycles. The molecular formula is C34H23Cl2N3O5. The first-order chi connectivity index (χ1) is 21.3. The minimum absolute atomic E-state index is 0.0160. The van der Waals surface area contributed by atoms with Crippen LogP contribution >= 0.6 is 23.2 Å². The summed E-state index contributed by atoms with van der Waals surface area (Å²) in [4.78, 5) is 23.7. The third-order valence-corrected chi connectivity index (χ3v) is 7.23. The zero-order chi connectivity index (χ0) is 31.1. The van der Waals surface area contributed by atoms with Crippen molar-refractivity contribution in [2.24, 2.45) is 0 Å². The fraction of sp³-hybridized carbons (Fsp3) is 0.0588. The number of halogens is 2. The number of nitrogens with one attached hydrogen (secondary N) is 1. The van der Waals surface area contributed by atoms with Crippen LogP contribution < -0.4 is 14.8 Å². The average molecular weight is 624 g/mol. The van der Waals surface area contributed by atoms with Gasteiger partial charge in [0.15, 0.2) is 0 Å². The minimum atomic E-state index is -0.594. The Hall–Kier alpha value is -5.36. The van der Waals surface area contributed by atoms with Crippen LogP contribution in [0.3, 0.4) is 0 Å². The molecule has 0 radical (unpaired) electrons. The van der Waals surface area contributed by atoms with Gasteiger partial charge in [-0.25, -0.2) is 0 Å². The van der Waals surface area contributed by atoms with Crippen LogP contribution in [0, 0.1) is 21.4 Å². The zero-order valence-electron chi connectivity index (χ0n) is 23.0. The van der Waals surface area contributed by atoms with Crippen molar-refractivity contribution in [3.63, 3.8) is 0 Å². The summed E-state index contributed by atoms with van der Waals surface area (Å²) in [6.07, 6.45) is 1.50. The highest BCUT2D eigenvalue weighted by Gasteiger charge is 2.15. The lowest BCUT2D eigenvalue weighted by molar-refractivity contribution is -0.384. The zero-order valence-corrected chi connectivity index (χ0v) is 24.5. The molecule has 218 valence electrons. The van der Waals surface area contributed by atoms with Crippen molar-refractivity contribution in [1.29, 1.82) is 5.26 Å². The molecule has 0 saturated heterocycles. The number of fused-ring (bicyclic) bond motifs is 1. The molecule has 0 bridgehead atoms. The van der Waals surface area contributed by atoms with E-state index in [-0.39, 0.29) is 24.5 Å². The van der Waals surface area contributed by atoms with E-state index in [1.807, 2.05) is 36.4 Å². The van der Waals surface area contributed by atoms with Gasteiger partial charge in [-0.15, -0.1) is 0 Å². The highest BCUT2D eigenvalue weighted by atomic mass is 35.5. The summed E-state index contributed by atoms with van der Waals surface area (Å²) >= 11 is 12.2. The molecule has 0 atom stereocenters. The summed E-state index contributed by atoms with van der Waals surface area (Å²) in [5.74, 6) is 0.420. The van der Waals surface area contributed by atoms with E-state index in [4.69, 9.17) is 32.7 Å². The van der Waals surface area contributed by atoms with Gasteiger partial charge >= 0.3 is 0 Å². The molecule has 0 spiro atoms. The van der Waals surface area contributed by atoms with E-state index in [9.17, 15) is 20.2 Å². The van der Waals surface area contributed by atoms with E-state index in [1.54, 1.807) is 60.7 Å². The van der Waals surface area contributed by atoms with Crippen LogP contribution in [0.2, 0.25) is 10.0 Å². The molecule has 10 heteroatoms. The Morgan fingerprint density at radius 3 is 2.36 bits per heavy atom. The van der Waals surface area contributed by atoms with Crippen molar-refractivity contribution in [3.8, 4) is 17.6 Å². The van der Waals surface area contributed by atoms with E-state index in [0.717, 1.165) is 21.9 Å². The van der Waals surface area contributed by atoms with E-state index < -0.39 is 10.8 Å². The molecule has 0 saturated carbocycles. The standard InChI is InChI=1S/C34H23Cl2N3O5/c35-26-9-7-24(32(36)18-26)21-43-29-14-10-27(11-15-29)38-34(40)25(19-37)17-31-30-4-2-1-3-23(30)8-16-33(31)44-20-22-5-12-28(13-6-22)39(41)42/h1-18H,20-21H2,(H,38,40)/b25-17+. The smallest absolute Gasteiger partial charge is 0.269 e. The summed E-state index contributed by atoms with van der Waals surface area (Å²) in [5, 5.41) is 26.4. The lowest BCUT2D eigenvalue weighted by Gasteiger charge is -2.13. The number of amides is 1. The topological polar surface area (TPSA) is 114 Å². The summed E-state index contributed by atoms with van der Waals surface area (Å²) in [6, 6.07) is 31.1. The van der Waals surface area contributed by atoms with Crippen LogP contribution in [0.15, 0.2) is 109 Å². The third-order valence-electron chi connectivity index (χ3n) is 6.65. The number of nitro benzene ring substituents is 1. The fourth-order valence-electron chi connectivity index (χ4n) is 4.35. The number of hydrogen-bond acceptors (Lipinski definition) is 6. The van der Waals surface area contributed by atoms with Gasteiger partial charge in [0.05, 0.1) is 4.92 Å². The first-order valence-corrected chi connectivity index (χ1v) is 14.0. The van der Waals surface area contributed by atoms with Gasteiger partial charge in [-0.3, -0.25) is 14.9 Å². The highest BCUT2D eigenvalue weighted by molar-refractivity contribution is 6.35. The van der Waals surface area contributed by atoms with Crippen LogP contribution in [0.25, 0.3) is 16.8 Å². The molecule has 0 fully saturated rings. The number of ether oxygens (including phenoxy) is 2. The Balaban J connectivity index is 1.32. The van der Waals surface area contributed by atoms with Gasteiger partial charge in [0.2, 0.25) is 0 Å². The molecule has 0 aromatic heterocycles. The summed E-state index contributed by atoms with van der Waals surface area (Å²) in [7, 11) is 0. The Bertz CT molecular complexity index is 1920. The third kappa shape index (κ3) is 7.34. The normalized spacial score (nSPS) is 11.1. The van der Waals surface area contributed by atoms with Crippen LogP contribution in [0.4, 0.5) is 11.4 Å². The predicted octanol–water partition coefficient (Wildman–Crippen LogP) is 8.76. The van der Waals surface area contributed by atoms with Gasteiger partial charge < -0.3 is 14.8 Å². The molecule has 5 rings (SSSR count). The molecule has 5 aromatic carbocycles. The molecule has 0 aliphatic heterocycles. The molecular weight excluding hydrogens is 601 g/mol. The maximum absolute atomic E-state index is 13.2. The first-order valence-electron chi connectivity index (χ1n) is 13.3. The van der Waals surface area contributed by atoms with Crippen molar-refractivity contribution in [2.45, 2.75) is 13.2 Å². The minimum Gasteiger partial charge on any atom is -0.489 e. The molecule has 8 nitrogen and oxygen atoms in total. The van der Waals surface area contributed by atoms with Crippen LogP contribution in [0.1, 0.15) is 16.7 Å². The second kappa shape index (κ2) is 13.7. The lowest BCUT2D eigenvalue weighted by atomic mass is 10.0. The molecule has 0 aliphatic rings. The number of benzene rings is 5. The second-order valence-corrected chi connectivity index (χ2v) is 10.4. The predicted molar refractivity (Wildman–Crippen MR) is 171 cm³/mol. The number of rotatable bonds is 10. The highest BCUT2D eigenvalue weighted by Crippen LogP contribution is 2.31. The molecule has 5 aromatic rings. The Labute approximate surface area is 262 Å². The van der Waals surface area contributed by atoms with Gasteiger partial charge in [0.1, 0.15) is 36.4 Å². The van der Waals surface area contributed by atoms with Crippen LogP contribution in [-0.4, -0.2) is 10.8 Å². The van der Waals surface area contributed by atoms with Crippen LogP contribution in [0.5, 0.6) is 11.5 Å². The Morgan fingerprint density at radius 2 is 1.66 bits per heavy atom. The molecule has 44 heavy (non-hydrogen) atoms. The SMILES string of the molecule is N#C/C(=C\c1c(OCc2ccc([N+](=O)[O-])cc2)ccc2ccccc12)C(=O)Nc1ccc(OCc2ccc(Cl)cc2Cl)cc1. The quantitative estimate of drug-likeness (QED) is 0.0719. The maximum atomic E-state index is 13.2. The van der Waals surface area contributed by atoms with Crippen molar-refractivity contribution in [3.05, 3.63) is 146 Å². The van der Waals surface area contributed by atoms with Crippen molar-refractivity contribution in [2.75, 3.05) is 5.32 Å². The van der Waals surface area contributed by atoms with Gasteiger partial charge in [0.25, 0.3) is 11.6 Å². The Morgan fingerprint density at radius 1 is 0.909 bits per heavy atom. The number of anilines is 1. The van der Waals surface area contributed by atoms with E-state index in [1.165, 1.54) is 18.2 Å². The van der Waals surface area contributed by atoms with Gasteiger partial charge in [-0.2, -0.15) is 5.26 Å². The number of nitro groups is 1. The second-order valence-electron chi connectivity index (χ2n) is 9.58. The van der Waals surface area contributed by atoms with E-state index in [0.29, 0.717) is 32.8 Å². The van der Waals surface area contributed by atoms with E-state index in [2.05, 4.69) is 5.32 Å².